The molecule has 0 saturated carbocycles. The Bertz CT molecular complexity index is 1030. The molecule has 0 fully saturated rings. The maximum absolute atomic E-state index is 13.0. The Hall–Kier alpha value is -3.34. The zero-order chi connectivity index (χ0) is 18.9. The molecule has 0 spiro atoms. The van der Waals surface area contributed by atoms with E-state index in [-0.39, 0.29) is 22.6 Å². The number of amides is 1. The highest BCUT2D eigenvalue weighted by Gasteiger charge is 2.32. The van der Waals surface area contributed by atoms with Crippen LogP contribution in [0.15, 0.2) is 42.6 Å². The van der Waals surface area contributed by atoms with Gasteiger partial charge in [-0.05, 0) is 30.7 Å². The zero-order valence-electron chi connectivity index (χ0n) is 13.6. The van der Waals surface area contributed by atoms with Crippen LogP contribution in [0, 0.1) is 11.3 Å². The third-order valence-corrected chi connectivity index (χ3v) is 3.86. The number of nitrogens with zero attached hydrogens (tertiary/aromatic N) is 3. The van der Waals surface area contributed by atoms with E-state index in [9.17, 15) is 18.0 Å². The van der Waals surface area contributed by atoms with Crippen LogP contribution in [0.2, 0.25) is 0 Å². The number of carbonyl (C=O) groups is 1. The minimum atomic E-state index is -4.54. The molecule has 0 aliphatic heterocycles. The van der Waals surface area contributed by atoms with Crippen molar-refractivity contribution in [3.63, 3.8) is 0 Å². The average molecular weight is 358 g/mol. The molecule has 0 atom stereocenters. The van der Waals surface area contributed by atoms with Gasteiger partial charge >= 0.3 is 6.18 Å². The molecule has 2 heterocycles. The number of imidazole rings is 1. The molecule has 1 amide bonds. The fourth-order valence-corrected chi connectivity index (χ4v) is 2.62. The first-order chi connectivity index (χ1) is 12.3. The molecule has 0 saturated heterocycles. The van der Waals surface area contributed by atoms with E-state index in [0.717, 1.165) is 16.7 Å². The molecule has 0 unspecified atom stereocenters. The van der Waals surface area contributed by atoms with Crippen LogP contribution >= 0.6 is 0 Å². The molecule has 1 aromatic carbocycles. The smallest absolute Gasteiger partial charge is 0.319 e. The number of alkyl halides is 3. The van der Waals surface area contributed by atoms with Crippen LogP contribution in [0.5, 0.6) is 0 Å². The van der Waals surface area contributed by atoms with Gasteiger partial charge < -0.3 is 5.32 Å². The van der Waals surface area contributed by atoms with Crippen LogP contribution in [0.25, 0.3) is 5.65 Å². The molecule has 0 aliphatic rings. The van der Waals surface area contributed by atoms with Crippen LogP contribution in [0.4, 0.5) is 18.9 Å². The van der Waals surface area contributed by atoms with Gasteiger partial charge in [-0.25, -0.2) is 4.98 Å². The van der Waals surface area contributed by atoms with E-state index in [2.05, 4.69) is 10.3 Å². The van der Waals surface area contributed by atoms with E-state index in [1.165, 1.54) is 12.1 Å². The van der Waals surface area contributed by atoms with Crippen molar-refractivity contribution >= 4 is 17.2 Å². The van der Waals surface area contributed by atoms with E-state index in [4.69, 9.17) is 5.26 Å². The predicted molar refractivity (Wildman–Crippen MR) is 88.7 cm³/mol. The van der Waals surface area contributed by atoms with Gasteiger partial charge in [0.25, 0.3) is 5.91 Å². The van der Waals surface area contributed by atoms with E-state index < -0.39 is 17.6 Å². The number of aryl methyl sites for hydroxylation is 1. The molecule has 132 valence electrons. The first-order valence-electron chi connectivity index (χ1n) is 7.73. The van der Waals surface area contributed by atoms with Gasteiger partial charge in [-0.15, -0.1) is 0 Å². The van der Waals surface area contributed by atoms with Gasteiger partial charge in [0.05, 0.1) is 22.5 Å². The Morgan fingerprint density at radius 3 is 2.65 bits per heavy atom. The molecule has 0 aliphatic carbocycles. The molecule has 8 heteroatoms. The second-order valence-corrected chi connectivity index (χ2v) is 5.52. The summed E-state index contributed by atoms with van der Waals surface area (Å²) in [6.45, 7) is 1.76. The summed E-state index contributed by atoms with van der Waals surface area (Å²) in [4.78, 5) is 17.0. The van der Waals surface area contributed by atoms with Crippen molar-refractivity contribution in [2.45, 2.75) is 19.5 Å². The van der Waals surface area contributed by atoms with Crippen molar-refractivity contribution in [3.8, 4) is 6.07 Å². The largest absolute Gasteiger partial charge is 0.417 e. The summed E-state index contributed by atoms with van der Waals surface area (Å²) >= 11 is 0. The summed E-state index contributed by atoms with van der Waals surface area (Å²) in [6, 6.07) is 10.5. The normalized spacial score (nSPS) is 11.3. The van der Waals surface area contributed by atoms with Crippen LogP contribution in [0.1, 0.15) is 34.2 Å². The number of para-hydroxylation sites is 1. The first-order valence-corrected chi connectivity index (χ1v) is 7.73. The highest BCUT2D eigenvalue weighted by molar-refractivity contribution is 6.05. The van der Waals surface area contributed by atoms with Gasteiger partial charge in [-0.2, -0.15) is 18.4 Å². The van der Waals surface area contributed by atoms with Crippen LogP contribution in [0.3, 0.4) is 0 Å². The molecule has 1 N–H and O–H groups in total. The number of carbonyl (C=O) groups excluding carboxylic acids is 1. The number of rotatable bonds is 3. The Morgan fingerprint density at radius 1 is 1.27 bits per heavy atom. The number of hydrogen-bond donors (Lipinski definition) is 1. The third-order valence-electron chi connectivity index (χ3n) is 3.86. The summed E-state index contributed by atoms with van der Waals surface area (Å²) in [5.41, 5.74) is 0.287. The fourth-order valence-electron chi connectivity index (χ4n) is 2.62. The molecule has 5 nitrogen and oxygen atoms in total. The molecular weight excluding hydrogens is 345 g/mol. The third kappa shape index (κ3) is 3.11. The highest BCUT2D eigenvalue weighted by Crippen LogP contribution is 2.30. The van der Waals surface area contributed by atoms with Gasteiger partial charge in [-0.1, -0.05) is 19.1 Å². The molecule has 3 aromatic rings. The number of nitriles is 1. The number of halogens is 3. The summed E-state index contributed by atoms with van der Waals surface area (Å²) in [6.07, 6.45) is -3.32. The summed E-state index contributed by atoms with van der Waals surface area (Å²) in [7, 11) is 0. The van der Waals surface area contributed by atoms with Crippen LogP contribution in [-0.2, 0) is 12.6 Å². The Kier molecular flexibility index (Phi) is 4.38. The predicted octanol–water partition coefficient (Wildman–Crippen LogP) is 4.04. The Labute approximate surface area is 146 Å². The van der Waals surface area contributed by atoms with Gasteiger partial charge in [0.2, 0.25) is 0 Å². The van der Waals surface area contributed by atoms with Crippen LogP contribution < -0.4 is 5.32 Å². The lowest BCUT2D eigenvalue weighted by Crippen LogP contribution is -2.17. The molecule has 2 aromatic heterocycles. The summed E-state index contributed by atoms with van der Waals surface area (Å²) in [5.74, 6) is -0.628. The monoisotopic (exact) mass is 358 g/mol. The number of nitrogens with one attached hydrogen (secondary N) is 1. The van der Waals surface area contributed by atoms with E-state index in [1.54, 1.807) is 25.1 Å². The number of hydrogen-bond acceptors (Lipinski definition) is 3. The number of anilines is 1. The first kappa shape index (κ1) is 17.5. The van der Waals surface area contributed by atoms with Gasteiger partial charge in [-0.3, -0.25) is 9.20 Å². The van der Waals surface area contributed by atoms with Crippen molar-refractivity contribution < 1.29 is 18.0 Å². The fraction of sp³-hybridized carbons (Fsp3) is 0.167. The minimum absolute atomic E-state index is 0.0151. The van der Waals surface area contributed by atoms with Gasteiger partial charge in [0.1, 0.15) is 17.4 Å². The SMILES string of the molecule is CCc1nc2ccc(C(F)(F)F)cn2c1C(=O)Nc1ccccc1C#N. The van der Waals surface area contributed by atoms with Crippen molar-refractivity contribution in [3.05, 3.63) is 65.1 Å². The number of fused-ring (bicyclic) bond motifs is 1. The topological polar surface area (TPSA) is 70.2 Å². The molecule has 3 rings (SSSR count). The average Bonchev–Trinajstić information content (AvgIpc) is 2.99. The second kappa shape index (κ2) is 6.52. The van der Waals surface area contributed by atoms with E-state index in [0.29, 0.717) is 12.1 Å². The molecule has 0 radical (unpaired) electrons. The van der Waals surface area contributed by atoms with Crippen molar-refractivity contribution in [1.82, 2.24) is 9.38 Å². The zero-order valence-corrected chi connectivity index (χ0v) is 13.6. The van der Waals surface area contributed by atoms with Crippen molar-refractivity contribution in [2.75, 3.05) is 5.32 Å². The quantitative estimate of drug-likeness (QED) is 0.768. The Balaban J connectivity index is 2.10. The molecule has 0 bridgehead atoms. The van der Waals surface area contributed by atoms with Crippen molar-refractivity contribution in [2.24, 2.45) is 0 Å². The number of benzene rings is 1. The lowest BCUT2D eigenvalue weighted by atomic mass is 10.2. The van der Waals surface area contributed by atoms with Gasteiger partial charge in [0.15, 0.2) is 0 Å². The highest BCUT2D eigenvalue weighted by atomic mass is 19.4. The van der Waals surface area contributed by atoms with Gasteiger partial charge in [0, 0.05) is 6.20 Å². The number of aromatic nitrogens is 2. The maximum Gasteiger partial charge on any atom is 0.417 e. The van der Waals surface area contributed by atoms with Crippen LogP contribution in [-0.4, -0.2) is 15.3 Å². The number of pyridine rings is 1. The molecular formula is C18H13F3N4O. The van der Waals surface area contributed by atoms with Crippen molar-refractivity contribution in [1.29, 1.82) is 5.26 Å². The Morgan fingerprint density at radius 2 is 2.00 bits per heavy atom. The lowest BCUT2D eigenvalue weighted by molar-refractivity contribution is -0.137. The summed E-state index contributed by atoms with van der Waals surface area (Å²) < 4.78 is 40.2. The van der Waals surface area contributed by atoms with E-state index >= 15 is 0 Å². The standard InChI is InChI=1S/C18H13F3N4O/c1-2-13-16(17(26)24-14-6-4-3-5-11(14)9-22)25-10-12(18(19,20)21)7-8-15(25)23-13/h3-8,10H,2H2,1H3,(H,24,26). The summed E-state index contributed by atoms with van der Waals surface area (Å²) in [5, 5.41) is 11.7. The second-order valence-electron chi connectivity index (χ2n) is 5.52. The van der Waals surface area contributed by atoms with E-state index in [1.807, 2.05) is 6.07 Å². The maximum atomic E-state index is 13.0. The minimum Gasteiger partial charge on any atom is -0.319 e. The lowest BCUT2D eigenvalue weighted by Gasteiger charge is -2.10. The molecule has 26 heavy (non-hydrogen) atoms.